The van der Waals surface area contributed by atoms with Crippen molar-refractivity contribution in [3.05, 3.63) is 59.7 Å². The van der Waals surface area contributed by atoms with Crippen LogP contribution in [0.3, 0.4) is 0 Å². The van der Waals surface area contributed by atoms with E-state index in [2.05, 4.69) is 53.5 Å². The minimum atomic E-state index is -0.422. The number of anilines is 1. The first-order valence-corrected chi connectivity index (χ1v) is 14.1. The molecule has 1 atom stereocenters. The summed E-state index contributed by atoms with van der Waals surface area (Å²) in [4.78, 5) is 26.0. The van der Waals surface area contributed by atoms with Gasteiger partial charge < -0.3 is 36.8 Å². The van der Waals surface area contributed by atoms with Gasteiger partial charge in [-0.1, -0.05) is 56.8 Å². The number of thioether (sulfide) groups is 1. The number of nitrogens with one attached hydrogen (secondary N) is 5. The molecule has 1 aliphatic rings. The van der Waals surface area contributed by atoms with E-state index < -0.39 is 6.04 Å². The summed E-state index contributed by atoms with van der Waals surface area (Å²) in [6.07, 6.45) is 1.34. The zero-order valence-electron chi connectivity index (χ0n) is 23.5. The molecule has 2 aromatic carbocycles. The van der Waals surface area contributed by atoms with E-state index in [0.29, 0.717) is 23.9 Å². The van der Waals surface area contributed by atoms with Crippen molar-refractivity contribution in [2.45, 2.75) is 44.7 Å². The van der Waals surface area contributed by atoms with Gasteiger partial charge in [-0.25, -0.2) is 0 Å². The molecule has 214 valence electrons. The Bertz CT molecular complexity index is 978. The van der Waals surface area contributed by atoms with Gasteiger partial charge in [-0.2, -0.15) is 0 Å². The van der Waals surface area contributed by atoms with Crippen LogP contribution < -0.4 is 26.6 Å². The molecule has 1 heterocycles. The Morgan fingerprint density at radius 1 is 1.13 bits per heavy atom. The summed E-state index contributed by atoms with van der Waals surface area (Å²) in [6.45, 7) is 14.1. The largest absolute Gasteiger partial charge is 0.369 e. The van der Waals surface area contributed by atoms with Crippen molar-refractivity contribution in [3.8, 4) is 0 Å². The van der Waals surface area contributed by atoms with Gasteiger partial charge in [0.25, 0.3) is 0 Å². The van der Waals surface area contributed by atoms with Crippen molar-refractivity contribution in [3.63, 3.8) is 0 Å². The van der Waals surface area contributed by atoms with Gasteiger partial charge in [0.1, 0.15) is 6.29 Å². The van der Waals surface area contributed by atoms with E-state index in [-0.39, 0.29) is 12.5 Å². The quantitative estimate of drug-likeness (QED) is 0.108. The second kappa shape index (κ2) is 19.9. The Hall–Kier alpha value is -3.05. The number of benzene rings is 2. The molecule has 9 nitrogen and oxygen atoms in total. The van der Waals surface area contributed by atoms with Crippen LogP contribution in [0, 0.1) is 16.7 Å². The van der Waals surface area contributed by atoms with Crippen LogP contribution in [0.2, 0.25) is 0 Å². The lowest BCUT2D eigenvalue weighted by atomic mass is 10.2. The molecule has 0 radical (unpaired) electrons. The van der Waals surface area contributed by atoms with Gasteiger partial charge in [-0.05, 0) is 55.4 Å². The van der Waals surface area contributed by atoms with E-state index in [0.717, 1.165) is 55.0 Å². The summed E-state index contributed by atoms with van der Waals surface area (Å²) in [7, 11) is 0. The predicted octanol–water partition coefficient (Wildman–Crippen LogP) is 3.26. The molecular formula is C29H45N7O2S. The van der Waals surface area contributed by atoms with Crippen LogP contribution in [0.5, 0.6) is 0 Å². The van der Waals surface area contributed by atoms with Crippen LogP contribution >= 0.6 is 11.8 Å². The molecule has 7 N–H and O–H groups in total. The molecular weight excluding hydrogens is 510 g/mol. The van der Waals surface area contributed by atoms with Crippen molar-refractivity contribution < 1.29 is 9.59 Å². The van der Waals surface area contributed by atoms with Crippen LogP contribution in [-0.4, -0.2) is 69.3 Å². The van der Waals surface area contributed by atoms with Gasteiger partial charge in [0.05, 0.1) is 17.6 Å². The molecule has 3 rings (SSSR count). The average molecular weight is 556 g/mol. The van der Waals surface area contributed by atoms with Crippen molar-refractivity contribution in [2.75, 3.05) is 44.2 Å². The van der Waals surface area contributed by atoms with E-state index in [1.54, 1.807) is 0 Å². The molecule has 0 aromatic heterocycles. The molecule has 1 unspecified atom stereocenters. The third-order valence-corrected chi connectivity index (χ3v) is 6.74. The van der Waals surface area contributed by atoms with Crippen molar-refractivity contribution in [1.82, 2.24) is 16.0 Å². The lowest BCUT2D eigenvalue weighted by Crippen LogP contribution is -2.43. The van der Waals surface area contributed by atoms with E-state index in [1.165, 1.54) is 17.4 Å². The van der Waals surface area contributed by atoms with Gasteiger partial charge in [0, 0.05) is 48.9 Å². The van der Waals surface area contributed by atoms with Crippen molar-refractivity contribution in [1.29, 1.82) is 10.8 Å². The van der Waals surface area contributed by atoms with Crippen LogP contribution in [0.4, 0.5) is 5.69 Å². The number of nitrogens with zero attached hydrogens (tertiary/aromatic N) is 1. The first-order chi connectivity index (χ1) is 18.9. The molecule has 1 fully saturated rings. The standard InChI is InChI=1S/C24H31N5O2S.C4H11N.CH3N/c1-2-20(17-30)28-23(31)16-27-15-18-3-9-22(10-4-18)32-24(25)19-5-7-21(8-6-19)29-13-11-26-12-14-29;1-4(2)3-5;1-2/h3-10,17,20,25-27H,2,11-16H2,1H3,(H,28,31);4H,3,5H2,1-2H3;2H,1H2. The normalized spacial score (nSPS) is 13.3. The smallest absolute Gasteiger partial charge is 0.234 e. The van der Waals surface area contributed by atoms with Gasteiger partial charge in [0.15, 0.2) is 0 Å². The maximum absolute atomic E-state index is 11.8. The Labute approximate surface area is 237 Å². The summed E-state index contributed by atoms with van der Waals surface area (Å²) >= 11 is 1.43. The number of hydrogen-bond acceptors (Lipinski definition) is 9. The highest BCUT2D eigenvalue weighted by atomic mass is 32.2. The van der Waals surface area contributed by atoms with Crippen molar-refractivity contribution in [2.24, 2.45) is 11.7 Å². The summed E-state index contributed by atoms with van der Waals surface area (Å²) in [5.41, 5.74) is 8.34. The second-order valence-electron chi connectivity index (χ2n) is 9.31. The monoisotopic (exact) mass is 555 g/mol. The predicted molar refractivity (Wildman–Crippen MR) is 164 cm³/mol. The second-order valence-corrected chi connectivity index (χ2v) is 10.4. The zero-order valence-corrected chi connectivity index (χ0v) is 24.3. The van der Waals surface area contributed by atoms with Gasteiger partial charge in [0.2, 0.25) is 5.91 Å². The fourth-order valence-electron chi connectivity index (χ4n) is 3.41. The van der Waals surface area contributed by atoms with Gasteiger partial charge in [-0.15, -0.1) is 0 Å². The Morgan fingerprint density at radius 3 is 2.23 bits per heavy atom. The first kappa shape index (κ1) is 34.0. The van der Waals surface area contributed by atoms with Gasteiger partial charge >= 0.3 is 0 Å². The first-order valence-electron chi connectivity index (χ1n) is 13.3. The molecule has 0 saturated carbocycles. The van der Waals surface area contributed by atoms with Crippen LogP contribution in [0.25, 0.3) is 0 Å². The molecule has 1 saturated heterocycles. The number of carbonyl (C=O) groups excluding carboxylic acids is 2. The topological polar surface area (TPSA) is 147 Å². The number of rotatable bonds is 11. The number of aldehydes is 1. The lowest BCUT2D eigenvalue weighted by molar-refractivity contribution is -0.123. The highest BCUT2D eigenvalue weighted by molar-refractivity contribution is 8.14. The van der Waals surface area contributed by atoms with E-state index in [4.69, 9.17) is 16.6 Å². The number of amides is 1. The van der Waals surface area contributed by atoms with Gasteiger partial charge in [-0.3, -0.25) is 10.2 Å². The summed E-state index contributed by atoms with van der Waals surface area (Å²) in [6, 6.07) is 15.8. The maximum atomic E-state index is 11.8. The minimum absolute atomic E-state index is 0.162. The van der Waals surface area contributed by atoms with Crippen LogP contribution in [0.15, 0.2) is 53.4 Å². The molecule has 1 aliphatic heterocycles. The molecule has 1 amide bonds. The summed E-state index contributed by atoms with van der Waals surface area (Å²) in [5, 5.41) is 23.6. The summed E-state index contributed by atoms with van der Waals surface area (Å²) < 4.78 is 0. The third-order valence-electron chi connectivity index (χ3n) is 5.79. The Balaban J connectivity index is 0.000000975. The highest BCUT2D eigenvalue weighted by Gasteiger charge is 2.12. The zero-order chi connectivity index (χ0) is 29.0. The van der Waals surface area contributed by atoms with Crippen LogP contribution in [0.1, 0.15) is 38.3 Å². The fraction of sp³-hybridized carbons (Fsp3) is 0.448. The molecule has 10 heteroatoms. The maximum Gasteiger partial charge on any atom is 0.234 e. The van der Waals surface area contributed by atoms with Crippen molar-refractivity contribution >= 4 is 41.4 Å². The van der Waals surface area contributed by atoms with E-state index in [9.17, 15) is 9.59 Å². The Kier molecular flexibility index (Phi) is 17.4. The number of carbonyl (C=O) groups is 2. The highest BCUT2D eigenvalue weighted by Crippen LogP contribution is 2.25. The number of hydrogen-bond donors (Lipinski definition) is 6. The lowest BCUT2D eigenvalue weighted by Gasteiger charge is -2.29. The average Bonchev–Trinajstić information content (AvgIpc) is 2.98. The number of piperazine rings is 1. The van der Waals surface area contributed by atoms with Crippen LogP contribution in [-0.2, 0) is 16.1 Å². The minimum Gasteiger partial charge on any atom is -0.369 e. The SMILES string of the molecule is C=N.CC(C)CN.CCC(C=O)NC(=O)CNCc1ccc(SC(=N)c2ccc(N3CCNCC3)cc2)cc1. The molecule has 0 spiro atoms. The fourth-order valence-corrected chi connectivity index (χ4v) is 4.17. The summed E-state index contributed by atoms with van der Waals surface area (Å²) in [5.74, 6) is 0.475. The molecule has 39 heavy (non-hydrogen) atoms. The van der Waals surface area contributed by atoms with E-state index >= 15 is 0 Å². The van der Waals surface area contributed by atoms with E-state index in [1.807, 2.05) is 43.3 Å². The number of nitrogens with two attached hydrogens (primary N) is 1. The third kappa shape index (κ3) is 13.5. The molecule has 2 aromatic rings. The Morgan fingerprint density at radius 2 is 1.72 bits per heavy atom. The molecule has 0 aliphatic carbocycles. The molecule has 0 bridgehead atoms.